The number of phenols is 3. The Hall–Kier alpha value is -4.12. The molecule has 0 spiro atoms. The minimum absolute atomic E-state index is 0.115. The molecule has 5 nitrogen and oxygen atoms in total. The lowest BCUT2D eigenvalue weighted by Crippen LogP contribution is -2.13. The highest BCUT2D eigenvalue weighted by Gasteiger charge is 2.22. The van der Waals surface area contributed by atoms with Crippen LogP contribution in [0, 0.1) is 27.7 Å². The number of anilines is 3. The maximum absolute atomic E-state index is 10.7. The summed E-state index contributed by atoms with van der Waals surface area (Å²) in [4.78, 5) is 1.85. The lowest BCUT2D eigenvalue weighted by atomic mass is 10.1. The van der Waals surface area contributed by atoms with Gasteiger partial charge in [0.1, 0.15) is 28.7 Å². The molecule has 0 atom stereocenters. The normalized spacial score (nSPS) is 10.8. The molecule has 3 N–H and O–H groups in total. The second kappa shape index (κ2) is 8.79. The van der Waals surface area contributed by atoms with E-state index in [2.05, 4.69) is 0 Å². The maximum Gasteiger partial charge on any atom is 0.139 e. The molecular weight excluding hydrogens is 414 g/mol. The van der Waals surface area contributed by atoms with Gasteiger partial charge in [0.15, 0.2) is 0 Å². The summed E-state index contributed by atoms with van der Waals surface area (Å²) < 4.78 is 6.01. The monoisotopic (exact) mass is 441 g/mol. The predicted molar refractivity (Wildman–Crippen MR) is 132 cm³/mol. The highest BCUT2D eigenvalue weighted by Crippen LogP contribution is 2.46. The fourth-order valence-electron chi connectivity index (χ4n) is 3.96. The quantitative estimate of drug-likeness (QED) is 0.303. The third-order valence-corrected chi connectivity index (χ3v) is 5.70. The average molecular weight is 442 g/mol. The Bertz CT molecular complexity index is 1220. The van der Waals surface area contributed by atoms with E-state index in [4.69, 9.17) is 4.74 Å². The van der Waals surface area contributed by atoms with Crippen LogP contribution in [-0.2, 0) is 0 Å². The number of aromatic hydroxyl groups is 3. The molecule has 168 valence electrons. The standard InChI is InChI=1S/C28H27NO4/c1-17-7-5-9-23(30)27(17)29(28-18(2)8-6-10-24(28)31)21-11-13-22(14-12-21)33-26-16-25(32)19(3)15-20(26)4/h5-16,30-32H,1-4H3. The molecule has 4 aromatic rings. The van der Waals surface area contributed by atoms with E-state index in [9.17, 15) is 15.3 Å². The summed E-state index contributed by atoms with van der Waals surface area (Å²) in [7, 11) is 0. The molecule has 0 amide bonds. The van der Waals surface area contributed by atoms with Gasteiger partial charge in [-0.25, -0.2) is 0 Å². The van der Waals surface area contributed by atoms with Crippen molar-refractivity contribution >= 4 is 17.1 Å². The summed E-state index contributed by atoms with van der Waals surface area (Å²) in [6.07, 6.45) is 0. The Labute approximate surface area is 193 Å². The first-order valence-electron chi connectivity index (χ1n) is 10.7. The average Bonchev–Trinajstić information content (AvgIpc) is 2.76. The number of nitrogens with zero attached hydrogens (tertiary/aromatic N) is 1. The first-order chi connectivity index (χ1) is 15.8. The van der Waals surface area contributed by atoms with Gasteiger partial charge in [-0.1, -0.05) is 24.3 Å². The van der Waals surface area contributed by atoms with Crippen molar-refractivity contribution in [2.45, 2.75) is 27.7 Å². The number of hydrogen-bond donors (Lipinski definition) is 3. The van der Waals surface area contributed by atoms with E-state index in [0.29, 0.717) is 22.9 Å². The lowest BCUT2D eigenvalue weighted by molar-refractivity contribution is 0.450. The van der Waals surface area contributed by atoms with Crippen molar-refractivity contribution in [2.24, 2.45) is 0 Å². The van der Waals surface area contributed by atoms with Crippen molar-refractivity contribution in [3.63, 3.8) is 0 Å². The Morgan fingerprint density at radius 2 is 1.12 bits per heavy atom. The van der Waals surface area contributed by atoms with Gasteiger partial charge < -0.3 is 25.0 Å². The summed E-state index contributed by atoms with van der Waals surface area (Å²) in [5.74, 6) is 1.60. The van der Waals surface area contributed by atoms with Crippen molar-refractivity contribution in [2.75, 3.05) is 4.90 Å². The number of aryl methyl sites for hydroxylation is 4. The molecule has 0 aromatic heterocycles. The summed E-state index contributed by atoms with van der Waals surface area (Å²) in [6, 6.07) is 21.6. The molecule has 0 bridgehead atoms. The third-order valence-electron chi connectivity index (χ3n) is 5.70. The zero-order valence-electron chi connectivity index (χ0n) is 19.1. The van der Waals surface area contributed by atoms with Crippen LogP contribution in [0.2, 0.25) is 0 Å². The van der Waals surface area contributed by atoms with Gasteiger partial charge in [-0.05, 0) is 92.4 Å². The molecule has 4 aromatic carbocycles. The van der Waals surface area contributed by atoms with Crippen molar-refractivity contribution in [3.8, 4) is 28.7 Å². The largest absolute Gasteiger partial charge is 0.508 e. The van der Waals surface area contributed by atoms with Crippen LogP contribution in [0.25, 0.3) is 0 Å². The van der Waals surface area contributed by atoms with Crippen LogP contribution in [-0.4, -0.2) is 15.3 Å². The van der Waals surface area contributed by atoms with Gasteiger partial charge in [-0.3, -0.25) is 0 Å². The van der Waals surface area contributed by atoms with E-state index in [1.807, 2.05) is 75.1 Å². The van der Waals surface area contributed by atoms with Crippen LogP contribution < -0.4 is 9.64 Å². The molecule has 0 aliphatic carbocycles. The molecule has 0 aliphatic heterocycles. The molecule has 33 heavy (non-hydrogen) atoms. The highest BCUT2D eigenvalue weighted by molar-refractivity contribution is 5.86. The van der Waals surface area contributed by atoms with Gasteiger partial charge in [0.05, 0.1) is 11.4 Å². The maximum atomic E-state index is 10.7. The molecule has 0 fully saturated rings. The molecule has 5 heteroatoms. The van der Waals surface area contributed by atoms with Gasteiger partial charge in [-0.2, -0.15) is 0 Å². The van der Waals surface area contributed by atoms with E-state index in [1.54, 1.807) is 30.3 Å². The molecule has 0 radical (unpaired) electrons. The van der Waals surface area contributed by atoms with Gasteiger partial charge in [0, 0.05) is 11.8 Å². The zero-order chi connectivity index (χ0) is 23.7. The first-order valence-corrected chi connectivity index (χ1v) is 10.7. The van der Waals surface area contributed by atoms with E-state index in [-0.39, 0.29) is 17.2 Å². The Balaban J connectivity index is 1.78. The van der Waals surface area contributed by atoms with Gasteiger partial charge in [0.2, 0.25) is 0 Å². The van der Waals surface area contributed by atoms with Gasteiger partial charge >= 0.3 is 0 Å². The molecule has 0 unspecified atom stereocenters. The van der Waals surface area contributed by atoms with E-state index < -0.39 is 0 Å². The fraction of sp³-hybridized carbons (Fsp3) is 0.143. The Morgan fingerprint density at radius 3 is 1.64 bits per heavy atom. The van der Waals surface area contributed by atoms with Crippen molar-refractivity contribution in [1.82, 2.24) is 0 Å². The first kappa shape index (κ1) is 22.1. The van der Waals surface area contributed by atoms with Crippen LogP contribution in [0.15, 0.2) is 72.8 Å². The van der Waals surface area contributed by atoms with Crippen molar-refractivity contribution in [1.29, 1.82) is 0 Å². The van der Waals surface area contributed by atoms with Gasteiger partial charge in [0.25, 0.3) is 0 Å². The minimum Gasteiger partial charge on any atom is -0.508 e. The Kier molecular flexibility index (Phi) is 5.88. The van der Waals surface area contributed by atoms with E-state index >= 15 is 0 Å². The number of phenolic OH excluding ortho intramolecular Hbond substituents is 3. The number of benzene rings is 4. The molecule has 0 aliphatic rings. The minimum atomic E-state index is 0.115. The molecule has 0 saturated heterocycles. The number of hydrogen-bond acceptors (Lipinski definition) is 5. The molecular formula is C28H27NO4. The second-order valence-electron chi connectivity index (χ2n) is 8.22. The summed E-state index contributed by atoms with van der Waals surface area (Å²) in [6.45, 7) is 7.61. The van der Waals surface area contributed by atoms with Crippen LogP contribution >= 0.6 is 0 Å². The van der Waals surface area contributed by atoms with Crippen LogP contribution in [0.4, 0.5) is 17.1 Å². The van der Waals surface area contributed by atoms with E-state index in [1.165, 1.54) is 0 Å². The summed E-state index contributed by atoms with van der Waals surface area (Å²) >= 11 is 0. The lowest BCUT2D eigenvalue weighted by Gasteiger charge is -2.29. The van der Waals surface area contributed by atoms with Crippen molar-refractivity contribution in [3.05, 3.63) is 95.1 Å². The SMILES string of the molecule is Cc1cc(C)c(Oc2ccc(N(c3c(C)cccc3O)c3c(C)cccc3O)cc2)cc1O. The fourth-order valence-corrected chi connectivity index (χ4v) is 3.96. The van der Waals surface area contributed by atoms with Crippen molar-refractivity contribution < 1.29 is 20.1 Å². The second-order valence-corrected chi connectivity index (χ2v) is 8.22. The molecule has 0 heterocycles. The van der Waals surface area contributed by atoms with Gasteiger partial charge in [-0.15, -0.1) is 0 Å². The smallest absolute Gasteiger partial charge is 0.139 e. The summed E-state index contributed by atoms with van der Waals surface area (Å²) in [5, 5.41) is 31.5. The summed E-state index contributed by atoms with van der Waals surface area (Å²) in [5.41, 5.74) is 5.38. The van der Waals surface area contributed by atoms with Crippen LogP contribution in [0.1, 0.15) is 22.3 Å². The van der Waals surface area contributed by atoms with E-state index in [0.717, 1.165) is 27.9 Å². The number of rotatable bonds is 5. The topological polar surface area (TPSA) is 73.2 Å². The zero-order valence-corrected chi connectivity index (χ0v) is 19.1. The highest BCUT2D eigenvalue weighted by atomic mass is 16.5. The third kappa shape index (κ3) is 4.30. The molecule has 4 rings (SSSR count). The number of para-hydroxylation sites is 2. The molecule has 0 saturated carbocycles. The predicted octanol–water partition coefficient (Wildman–Crippen LogP) is 7.30. The van der Waals surface area contributed by atoms with Crippen LogP contribution in [0.3, 0.4) is 0 Å². The number of ether oxygens (including phenoxy) is 1. The Morgan fingerprint density at radius 1 is 0.576 bits per heavy atom. The van der Waals surface area contributed by atoms with Crippen LogP contribution in [0.5, 0.6) is 28.7 Å².